The van der Waals surface area contributed by atoms with Gasteiger partial charge in [0.15, 0.2) is 0 Å². The standard InChI is InChI=1S/C21H25ClN2O4S/c1-15(16-5-7-18(22)8-6-16)23-21(25)17-4-3-13-24(14-17)29(26,27)20-11-9-19(28-2)10-12-20/h5-12,15,17H,3-4,13-14H2,1-2H3,(H,23,25)/t15-,17+/m0/s1. The number of hydrogen-bond donors (Lipinski definition) is 1. The van der Waals surface area contributed by atoms with Crippen LogP contribution in [0.15, 0.2) is 53.4 Å². The molecule has 1 heterocycles. The number of rotatable bonds is 6. The summed E-state index contributed by atoms with van der Waals surface area (Å²) in [7, 11) is -2.13. The average Bonchev–Trinajstić information content (AvgIpc) is 2.74. The first-order chi connectivity index (χ1) is 13.8. The van der Waals surface area contributed by atoms with Crippen molar-refractivity contribution in [1.82, 2.24) is 9.62 Å². The summed E-state index contributed by atoms with van der Waals surface area (Å²) in [6.07, 6.45) is 1.30. The van der Waals surface area contributed by atoms with Gasteiger partial charge in [0.25, 0.3) is 0 Å². The average molecular weight is 437 g/mol. The number of methoxy groups -OCH3 is 1. The summed E-state index contributed by atoms with van der Waals surface area (Å²) in [4.78, 5) is 13.0. The molecule has 0 bridgehead atoms. The Labute approximate surface area is 176 Å². The van der Waals surface area contributed by atoms with Gasteiger partial charge >= 0.3 is 0 Å². The van der Waals surface area contributed by atoms with Gasteiger partial charge in [-0.25, -0.2) is 8.42 Å². The molecule has 3 rings (SSSR count). The van der Waals surface area contributed by atoms with E-state index >= 15 is 0 Å². The number of hydrogen-bond acceptors (Lipinski definition) is 4. The molecule has 29 heavy (non-hydrogen) atoms. The summed E-state index contributed by atoms with van der Waals surface area (Å²) in [5, 5.41) is 3.63. The predicted molar refractivity (Wildman–Crippen MR) is 112 cm³/mol. The first-order valence-electron chi connectivity index (χ1n) is 9.51. The third-order valence-electron chi connectivity index (χ3n) is 5.18. The minimum atomic E-state index is -3.66. The van der Waals surface area contributed by atoms with Crippen molar-refractivity contribution in [2.75, 3.05) is 20.2 Å². The van der Waals surface area contributed by atoms with Gasteiger partial charge in [0.05, 0.1) is 24.0 Å². The monoisotopic (exact) mass is 436 g/mol. The van der Waals surface area contributed by atoms with E-state index in [-0.39, 0.29) is 29.3 Å². The van der Waals surface area contributed by atoms with Gasteiger partial charge in [-0.2, -0.15) is 4.31 Å². The molecule has 2 aromatic rings. The summed E-state index contributed by atoms with van der Waals surface area (Å²) in [6.45, 7) is 2.48. The van der Waals surface area contributed by atoms with Crippen LogP contribution in [0.25, 0.3) is 0 Å². The van der Waals surface area contributed by atoms with Crippen LogP contribution in [0.3, 0.4) is 0 Å². The van der Waals surface area contributed by atoms with Crippen molar-refractivity contribution in [3.8, 4) is 5.75 Å². The van der Waals surface area contributed by atoms with E-state index in [1.54, 1.807) is 24.3 Å². The Hall–Kier alpha value is -2.09. The van der Waals surface area contributed by atoms with Gasteiger partial charge in [-0.15, -0.1) is 0 Å². The number of halogens is 1. The highest BCUT2D eigenvalue weighted by Crippen LogP contribution is 2.26. The zero-order chi connectivity index (χ0) is 21.0. The molecule has 2 aromatic carbocycles. The summed E-state index contributed by atoms with van der Waals surface area (Å²) in [5.41, 5.74) is 0.946. The van der Waals surface area contributed by atoms with E-state index in [0.717, 1.165) is 5.56 Å². The Morgan fingerprint density at radius 2 is 1.83 bits per heavy atom. The van der Waals surface area contributed by atoms with Crippen molar-refractivity contribution in [2.24, 2.45) is 5.92 Å². The molecule has 0 saturated carbocycles. The lowest BCUT2D eigenvalue weighted by Gasteiger charge is -2.32. The fraction of sp³-hybridized carbons (Fsp3) is 0.381. The zero-order valence-electron chi connectivity index (χ0n) is 16.5. The highest BCUT2D eigenvalue weighted by atomic mass is 35.5. The molecule has 0 aromatic heterocycles. The number of piperidine rings is 1. The Morgan fingerprint density at radius 1 is 1.17 bits per heavy atom. The van der Waals surface area contributed by atoms with Crippen LogP contribution in [0.4, 0.5) is 0 Å². The first kappa shape index (κ1) is 21.6. The van der Waals surface area contributed by atoms with E-state index < -0.39 is 10.0 Å². The Balaban J connectivity index is 1.67. The number of sulfonamides is 1. The second kappa shape index (κ2) is 9.15. The van der Waals surface area contributed by atoms with Crippen molar-refractivity contribution >= 4 is 27.5 Å². The number of carbonyl (C=O) groups is 1. The lowest BCUT2D eigenvalue weighted by molar-refractivity contribution is -0.126. The van der Waals surface area contributed by atoms with Gasteiger partial charge in [-0.05, 0) is 61.7 Å². The molecule has 1 fully saturated rings. The van der Waals surface area contributed by atoms with Gasteiger partial charge in [0.1, 0.15) is 5.75 Å². The van der Waals surface area contributed by atoms with E-state index in [1.165, 1.54) is 23.5 Å². The van der Waals surface area contributed by atoms with E-state index in [2.05, 4.69) is 5.32 Å². The maximum atomic E-state index is 13.0. The molecule has 0 radical (unpaired) electrons. The van der Waals surface area contributed by atoms with E-state index in [0.29, 0.717) is 30.2 Å². The number of nitrogens with zero attached hydrogens (tertiary/aromatic N) is 1. The van der Waals surface area contributed by atoms with Gasteiger partial charge in [0, 0.05) is 18.1 Å². The van der Waals surface area contributed by atoms with Crippen LogP contribution < -0.4 is 10.1 Å². The maximum Gasteiger partial charge on any atom is 0.243 e. The van der Waals surface area contributed by atoms with Gasteiger partial charge in [-0.1, -0.05) is 23.7 Å². The second-order valence-electron chi connectivity index (χ2n) is 7.16. The number of nitrogens with one attached hydrogen (secondary N) is 1. The molecule has 0 spiro atoms. The third kappa shape index (κ3) is 5.10. The van der Waals surface area contributed by atoms with E-state index in [4.69, 9.17) is 16.3 Å². The highest BCUT2D eigenvalue weighted by Gasteiger charge is 2.33. The highest BCUT2D eigenvalue weighted by molar-refractivity contribution is 7.89. The van der Waals surface area contributed by atoms with E-state index in [9.17, 15) is 13.2 Å². The first-order valence-corrected chi connectivity index (χ1v) is 11.3. The largest absolute Gasteiger partial charge is 0.497 e. The molecule has 8 heteroatoms. The van der Waals surface area contributed by atoms with Crippen LogP contribution >= 0.6 is 11.6 Å². The number of amides is 1. The molecular formula is C21H25ClN2O4S. The van der Waals surface area contributed by atoms with Gasteiger partial charge in [0.2, 0.25) is 15.9 Å². The number of benzene rings is 2. The molecule has 1 N–H and O–H groups in total. The SMILES string of the molecule is COc1ccc(S(=O)(=O)N2CCC[C@@H](C(=O)N[C@@H](C)c3ccc(Cl)cc3)C2)cc1. The smallest absolute Gasteiger partial charge is 0.243 e. The fourth-order valence-electron chi connectivity index (χ4n) is 3.44. The van der Waals surface area contributed by atoms with Crippen molar-refractivity contribution < 1.29 is 17.9 Å². The van der Waals surface area contributed by atoms with Crippen LogP contribution in [0.5, 0.6) is 5.75 Å². The quantitative estimate of drug-likeness (QED) is 0.750. The molecule has 2 atom stereocenters. The predicted octanol–water partition coefficient (Wildman–Crippen LogP) is 3.63. The molecule has 156 valence electrons. The zero-order valence-corrected chi connectivity index (χ0v) is 18.0. The van der Waals surface area contributed by atoms with Gasteiger partial charge < -0.3 is 10.1 Å². The molecule has 1 amide bonds. The fourth-order valence-corrected chi connectivity index (χ4v) is 5.09. The molecular weight excluding hydrogens is 412 g/mol. The summed E-state index contributed by atoms with van der Waals surface area (Å²) < 4.78 is 32.4. The summed E-state index contributed by atoms with van der Waals surface area (Å²) in [6, 6.07) is 13.4. The van der Waals surface area contributed by atoms with Gasteiger partial charge in [-0.3, -0.25) is 4.79 Å². The minimum Gasteiger partial charge on any atom is -0.497 e. The number of carbonyl (C=O) groups excluding carboxylic acids is 1. The molecule has 1 saturated heterocycles. The van der Waals surface area contributed by atoms with Crippen LogP contribution in [0, 0.1) is 5.92 Å². The van der Waals surface area contributed by atoms with Crippen LogP contribution in [0.2, 0.25) is 5.02 Å². The number of ether oxygens (including phenoxy) is 1. The normalized spacial score (nSPS) is 18.8. The second-order valence-corrected chi connectivity index (χ2v) is 9.53. The molecule has 0 aliphatic carbocycles. The Morgan fingerprint density at radius 3 is 2.45 bits per heavy atom. The Bertz CT molecular complexity index is 946. The maximum absolute atomic E-state index is 13.0. The van der Waals surface area contributed by atoms with Crippen molar-refractivity contribution in [1.29, 1.82) is 0 Å². The molecule has 6 nitrogen and oxygen atoms in total. The summed E-state index contributed by atoms with van der Waals surface area (Å²) >= 11 is 5.91. The van der Waals surface area contributed by atoms with Crippen molar-refractivity contribution in [2.45, 2.75) is 30.7 Å². The topological polar surface area (TPSA) is 75.7 Å². The van der Waals surface area contributed by atoms with Crippen molar-refractivity contribution in [3.05, 3.63) is 59.1 Å². The summed E-state index contributed by atoms with van der Waals surface area (Å²) in [5.74, 6) is 0.0737. The lowest BCUT2D eigenvalue weighted by Crippen LogP contribution is -2.45. The third-order valence-corrected chi connectivity index (χ3v) is 7.31. The van der Waals surface area contributed by atoms with Crippen molar-refractivity contribution in [3.63, 3.8) is 0 Å². The molecule has 1 aliphatic heterocycles. The lowest BCUT2D eigenvalue weighted by atomic mass is 9.98. The van der Waals surface area contributed by atoms with Crippen LogP contribution in [0.1, 0.15) is 31.4 Å². The van der Waals surface area contributed by atoms with Crippen LogP contribution in [-0.2, 0) is 14.8 Å². The molecule has 1 aliphatic rings. The molecule has 0 unspecified atom stereocenters. The minimum absolute atomic E-state index is 0.137. The van der Waals surface area contributed by atoms with Crippen LogP contribution in [-0.4, -0.2) is 38.8 Å². The van der Waals surface area contributed by atoms with E-state index in [1.807, 2.05) is 19.1 Å². The Kier molecular flexibility index (Phi) is 6.82.